The molecule has 1 aliphatic rings. The molecule has 2 N–H and O–H groups in total. The Kier molecular flexibility index (Phi) is 8.21. The first kappa shape index (κ1) is 24.1. The lowest BCUT2D eigenvalue weighted by atomic mass is 9.79. The second-order valence-corrected chi connectivity index (χ2v) is 8.77. The topological polar surface area (TPSA) is 57.0 Å². The van der Waals surface area contributed by atoms with Gasteiger partial charge in [-0.2, -0.15) is 0 Å². The average molecular weight is 439 g/mol. The first-order chi connectivity index (χ1) is 15.5. The fourth-order valence-electron chi connectivity index (χ4n) is 4.44. The normalized spacial score (nSPS) is 16.7. The van der Waals surface area contributed by atoms with Gasteiger partial charge in [0.1, 0.15) is 24.3 Å². The largest absolute Gasteiger partial charge is 0.496 e. The van der Waals surface area contributed by atoms with Crippen LogP contribution in [0, 0.1) is 5.41 Å². The number of para-hydroxylation sites is 3. The number of rotatable bonds is 10. The summed E-state index contributed by atoms with van der Waals surface area (Å²) in [5.74, 6) is 1.77. The molecule has 32 heavy (non-hydrogen) atoms. The van der Waals surface area contributed by atoms with Gasteiger partial charge in [0.25, 0.3) is 0 Å². The van der Waals surface area contributed by atoms with E-state index in [2.05, 4.69) is 62.9 Å². The predicted octanol–water partition coefficient (Wildman–Crippen LogP) is 5.71. The Morgan fingerprint density at radius 1 is 1.16 bits per heavy atom. The highest BCUT2D eigenvalue weighted by molar-refractivity contribution is 5.62. The smallest absolute Gasteiger partial charge is 0.142 e. The van der Waals surface area contributed by atoms with Crippen molar-refractivity contribution in [2.24, 2.45) is 11.1 Å². The lowest BCUT2D eigenvalue weighted by Crippen LogP contribution is -2.52. The van der Waals surface area contributed by atoms with Gasteiger partial charge in [0.15, 0.2) is 0 Å². The van der Waals surface area contributed by atoms with E-state index in [9.17, 15) is 0 Å². The van der Waals surface area contributed by atoms with Gasteiger partial charge in [-0.15, -0.1) is 0 Å². The molecule has 0 radical (unpaired) electrons. The molecule has 2 atom stereocenters. The van der Waals surface area contributed by atoms with Crippen LogP contribution >= 0.6 is 0 Å². The Bertz CT molecular complexity index is 903. The Morgan fingerprint density at radius 3 is 2.53 bits per heavy atom. The summed E-state index contributed by atoms with van der Waals surface area (Å²) < 4.78 is 18.0. The Hall–Kier alpha value is -2.50. The van der Waals surface area contributed by atoms with Gasteiger partial charge in [0, 0.05) is 17.5 Å². The standard InChI is InChI=1S/C27H38N2O3/c1-6-27(7-2,26(28)31-17-16-20(3)4)19-29-22-13-9-11-15-25(22)32-18-23(29)21-12-8-10-14-24(21)30-5/h8-16,23,26H,6-7,17-19,28H2,1-5H3. The lowest BCUT2D eigenvalue weighted by Gasteiger charge is -2.46. The number of ether oxygens (including phenoxy) is 3. The Labute approximate surface area is 193 Å². The minimum Gasteiger partial charge on any atom is -0.496 e. The number of nitrogens with two attached hydrogens (primary N) is 1. The molecule has 5 nitrogen and oxygen atoms in total. The van der Waals surface area contributed by atoms with Gasteiger partial charge in [-0.1, -0.05) is 55.8 Å². The third-order valence-electron chi connectivity index (χ3n) is 6.71. The molecule has 1 aliphatic heterocycles. The summed E-state index contributed by atoms with van der Waals surface area (Å²) in [5, 5.41) is 0. The maximum Gasteiger partial charge on any atom is 0.142 e. The molecule has 0 fully saturated rings. The van der Waals surface area contributed by atoms with Crippen molar-refractivity contribution in [2.75, 3.05) is 31.8 Å². The third-order valence-corrected chi connectivity index (χ3v) is 6.71. The summed E-state index contributed by atoms with van der Waals surface area (Å²) in [6, 6.07) is 16.4. The molecular formula is C27H38N2O3. The van der Waals surface area contributed by atoms with E-state index in [1.54, 1.807) is 7.11 Å². The molecule has 2 unspecified atom stereocenters. The van der Waals surface area contributed by atoms with Crippen LogP contribution < -0.4 is 20.1 Å². The zero-order valence-electron chi connectivity index (χ0n) is 20.1. The molecule has 0 aromatic heterocycles. The molecule has 0 saturated carbocycles. The van der Waals surface area contributed by atoms with Crippen molar-refractivity contribution >= 4 is 5.69 Å². The van der Waals surface area contributed by atoms with Crippen molar-refractivity contribution < 1.29 is 14.2 Å². The highest BCUT2D eigenvalue weighted by Crippen LogP contribution is 2.44. The van der Waals surface area contributed by atoms with Crippen LogP contribution in [0.1, 0.15) is 52.1 Å². The highest BCUT2D eigenvalue weighted by atomic mass is 16.5. The summed E-state index contributed by atoms with van der Waals surface area (Å²) in [7, 11) is 1.72. The van der Waals surface area contributed by atoms with E-state index in [1.807, 2.05) is 24.3 Å². The van der Waals surface area contributed by atoms with Crippen molar-refractivity contribution in [3.8, 4) is 11.5 Å². The number of anilines is 1. The summed E-state index contributed by atoms with van der Waals surface area (Å²) in [6.45, 7) is 10.4. The van der Waals surface area contributed by atoms with E-state index in [0.29, 0.717) is 13.2 Å². The van der Waals surface area contributed by atoms with Crippen LogP contribution in [0.25, 0.3) is 0 Å². The fraction of sp³-hybridized carbons (Fsp3) is 0.481. The molecule has 0 saturated heterocycles. The molecule has 0 spiro atoms. The van der Waals surface area contributed by atoms with Crippen LogP contribution in [0.2, 0.25) is 0 Å². The number of nitrogens with zero attached hydrogens (tertiary/aromatic N) is 1. The number of hydrogen-bond acceptors (Lipinski definition) is 5. The van der Waals surface area contributed by atoms with Crippen molar-refractivity contribution in [3.63, 3.8) is 0 Å². The number of fused-ring (bicyclic) bond motifs is 1. The van der Waals surface area contributed by atoms with Crippen LogP contribution in [-0.4, -0.2) is 33.1 Å². The molecule has 1 heterocycles. The first-order valence-corrected chi connectivity index (χ1v) is 11.6. The molecule has 0 amide bonds. The highest BCUT2D eigenvalue weighted by Gasteiger charge is 2.41. The van der Waals surface area contributed by atoms with Gasteiger partial charge >= 0.3 is 0 Å². The third kappa shape index (κ3) is 5.11. The molecule has 2 aromatic rings. The van der Waals surface area contributed by atoms with Crippen molar-refractivity contribution in [1.29, 1.82) is 0 Å². The van der Waals surface area contributed by atoms with E-state index in [4.69, 9.17) is 19.9 Å². The summed E-state index contributed by atoms with van der Waals surface area (Å²) in [6.07, 6.45) is 3.54. The van der Waals surface area contributed by atoms with Crippen LogP contribution in [0.4, 0.5) is 5.69 Å². The van der Waals surface area contributed by atoms with E-state index in [1.165, 1.54) is 5.57 Å². The number of allylic oxidation sites excluding steroid dienone is 1. The predicted molar refractivity (Wildman–Crippen MR) is 131 cm³/mol. The van der Waals surface area contributed by atoms with Gasteiger partial charge in [0.05, 0.1) is 25.4 Å². The van der Waals surface area contributed by atoms with Crippen LogP contribution in [0.3, 0.4) is 0 Å². The van der Waals surface area contributed by atoms with Crippen LogP contribution in [0.15, 0.2) is 60.2 Å². The van der Waals surface area contributed by atoms with Crippen molar-refractivity contribution in [2.45, 2.75) is 52.8 Å². The van der Waals surface area contributed by atoms with Gasteiger partial charge < -0.3 is 24.8 Å². The van der Waals surface area contributed by atoms with Crippen LogP contribution in [-0.2, 0) is 4.74 Å². The van der Waals surface area contributed by atoms with Crippen molar-refractivity contribution in [1.82, 2.24) is 0 Å². The van der Waals surface area contributed by atoms with E-state index >= 15 is 0 Å². The Balaban J connectivity index is 1.99. The van der Waals surface area contributed by atoms with Gasteiger partial charge in [-0.05, 0) is 44.9 Å². The molecule has 174 valence electrons. The Morgan fingerprint density at radius 2 is 1.84 bits per heavy atom. The van der Waals surface area contributed by atoms with Gasteiger partial charge in [-0.25, -0.2) is 0 Å². The van der Waals surface area contributed by atoms with Crippen LogP contribution in [0.5, 0.6) is 11.5 Å². The maximum absolute atomic E-state index is 6.70. The minimum absolute atomic E-state index is 0.0171. The molecule has 5 heteroatoms. The fourth-order valence-corrected chi connectivity index (χ4v) is 4.44. The quantitative estimate of drug-likeness (QED) is 0.380. The average Bonchev–Trinajstić information content (AvgIpc) is 2.82. The van der Waals surface area contributed by atoms with E-state index in [0.717, 1.165) is 42.1 Å². The number of methoxy groups -OCH3 is 1. The van der Waals surface area contributed by atoms with E-state index < -0.39 is 0 Å². The second kappa shape index (κ2) is 10.9. The maximum atomic E-state index is 6.70. The summed E-state index contributed by atoms with van der Waals surface area (Å²) in [4.78, 5) is 2.44. The van der Waals surface area contributed by atoms with E-state index in [-0.39, 0.29) is 17.7 Å². The zero-order chi connectivity index (χ0) is 23.1. The first-order valence-electron chi connectivity index (χ1n) is 11.6. The minimum atomic E-state index is -0.374. The lowest BCUT2D eigenvalue weighted by molar-refractivity contribution is -0.0287. The monoisotopic (exact) mass is 438 g/mol. The van der Waals surface area contributed by atoms with Gasteiger partial charge in [-0.3, -0.25) is 0 Å². The summed E-state index contributed by atoms with van der Waals surface area (Å²) in [5.41, 5.74) is 9.92. The van der Waals surface area contributed by atoms with Crippen molar-refractivity contribution in [3.05, 3.63) is 65.7 Å². The molecular weight excluding hydrogens is 400 g/mol. The van der Waals surface area contributed by atoms with Gasteiger partial charge in [0.2, 0.25) is 0 Å². The molecule has 0 aliphatic carbocycles. The molecule has 3 rings (SSSR count). The SMILES string of the molecule is CCC(CC)(CN1c2ccccc2OCC1c1ccccc1OC)C(N)OCC=C(C)C. The number of hydrogen-bond donors (Lipinski definition) is 1. The molecule has 2 aromatic carbocycles. The summed E-state index contributed by atoms with van der Waals surface area (Å²) >= 11 is 0. The molecule has 0 bridgehead atoms. The number of benzene rings is 2. The zero-order valence-corrected chi connectivity index (χ0v) is 20.1. The second-order valence-electron chi connectivity index (χ2n) is 8.77.